The van der Waals surface area contributed by atoms with Gasteiger partial charge >= 0.3 is 0 Å². The van der Waals surface area contributed by atoms with E-state index in [0.29, 0.717) is 0 Å². The van der Waals surface area contributed by atoms with Gasteiger partial charge in [0.15, 0.2) is 0 Å². The maximum Gasteiger partial charge on any atom is 0.0554 e. The van der Waals surface area contributed by atoms with Gasteiger partial charge in [-0.1, -0.05) is 53.6 Å². The molecule has 2 aromatic rings. The van der Waals surface area contributed by atoms with Crippen molar-refractivity contribution < 1.29 is 0 Å². The van der Waals surface area contributed by atoms with E-state index >= 15 is 0 Å². The molecule has 0 amide bonds. The number of hydrogen-bond acceptors (Lipinski definition) is 3. The third-order valence-corrected chi connectivity index (χ3v) is 4.50. The highest BCUT2D eigenvalue weighted by Crippen LogP contribution is 2.30. The van der Waals surface area contributed by atoms with Gasteiger partial charge in [-0.3, -0.25) is 11.3 Å². The minimum Gasteiger partial charge on any atom is -0.271 e. The van der Waals surface area contributed by atoms with Crippen LogP contribution in [0, 0.1) is 6.92 Å². The second kappa shape index (κ2) is 6.96. The summed E-state index contributed by atoms with van der Waals surface area (Å²) in [6.45, 7) is 2.08. The van der Waals surface area contributed by atoms with Crippen molar-refractivity contribution in [3.63, 3.8) is 0 Å². The van der Waals surface area contributed by atoms with Gasteiger partial charge in [0.2, 0.25) is 0 Å². The van der Waals surface area contributed by atoms with Crippen LogP contribution in [0.15, 0.2) is 53.4 Å². The van der Waals surface area contributed by atoms with Crippen molar-refractivity contribution in [2.24, 2.45) is 5.84 Å². The molecule has 1 atom stereocenters. The molecule has 100 valence electrons. The maximum absolute atomic E-state index is 6.15. The lowest BCUT2D eigenvalue weighted by atomic mass is 10.1. The van der Waals surface area contributed by atoms with Gasteiger partial charge in [-0.15, -0.1) is 11.8 Å². The average Bonchev–Trinajstić information content (AvgIpc) is 2.41. The molecule has 0 aliphatic carbocycles. The van der Waals surface area contributed by atoms with E-state index in [1.165, 1.54) is 11.1 Å². The Morgan fingerprint density at radius 1 is 1.21 bits per heavy atom. The highest BCUT2D eigenvalue weighted by Gasteiger charge is 2.11. The number of halogens is 1. The third-order valence-electron chi connectivity index (χ3n) is 2.89. The predicted octanol–water partition coefficient (Wildman–Crippen LogP) is 3.95. The van der Waals surface area contributed by atoms with Crippen molar-refractivity contribution in [1.29, 1.82) is 0 Å². The van der Waals surface area contributed by atoms with Gasteiger partial charge in [0, 0.05) is 10.6 Å². The molecule has 0 aromatic heterocycles. The molecule has 4 heteroatoms. The summed E-state index contributed by atoms with van der Waals surface area (Å²) in [6, 6.07) is 16.3. The molecule has 0 saturated carbocycles. The summed E-state index contributed by atoms with van der Waals surface area (Å²) in [5.74, 6) is 6.50. The normalized spacial score (nSPS) is 12.4. The zero-order valence-electron chi connectivity index (χ0n) is 10.8. The average molecular weight is 293 g/mol. The molecule has 0 fully saturated rings. The second-order valence-electron chi connectivity index (χ2n) is 4.37. The molecule has 0 heterocycles. The van der Waals surface area contributed by atoms with Crippen LogP contribution in [-0.2, 0) is 0 Å². The highest BCUT2D eigenvalue weighted by molar-refractivity contribution is 7.99. The van der Waals surface area contributed by atoms with E-state index in [0.717, 1.165) is 15.7 Å². The zero-order chi connectivity index (χ0) is 13.7. The summed E-state index contributed by atoms with van der Waals surface area (Å²) in [5, 5.41) is 0.785. The van der Waals surface area contributed by atoms with Crippen LogP contribution in [0.1, 0.15) is 17.2 Å². The Morgan fingerprint density at radius 3 is 2.68 bits per heavy atom. The van der Waals surface area contributed by atoms with Crippen molar-refractivity contribution in [1.82, 2.24) is 5.43 Å². The first-order chi connectivity index (χ1) is 9.20. The largest absolute Gasteiger partial charge is 0.271 e. The number of thioether (sulfide) groups is 1. The number of aryl methyl sites for hydroxylation is 1. The molecule has 0 aliphatic rings. The molecular weight excluding hydrogens is 276 g/mol. The van der Waals surface area contributed by atoms with Gasteiger partial charge in [0.05, 0.1) is 11.1 Å². The lowest BCUT2D eigenvalue weighted by Gasteiger charge is -2.16. The minimum atomic E-state index is 0.112. The van der Waals surface area contributed by atoms with Crippen molar-refractivity contribution in [2.45, 2.75) is 17.9 Å². The Labute approximate surface area is 123 Å². The first-order valence-electron chi connectivity index (χ1n) is 6.10. The van der Waals surface area contributed by atoms with E-state index in [2.05, 4.69) is 36.6 Å². The van der Waals surface area contributed by atoms with Gasteiger partial charge in [0.1, 0.15) is 0 Å². The molecule has 19 heavy (non-hydrogen) atoms. The van der Waals surface area contributed by atoms with Gasteiger partial charge in [-0.05, 0) is 24.6 Å². The SMILES string of the molecule is Cc1cccc(C(CSc2ccccc2Cl)NN)c1. The number of rotatable bonds is 5. The number of nitrogens with two attached hydrogens (primary N) is 1. The Bertz CT molecular complexity index is 545. The van der Waals surface area contributed by atoms with Crippen LogP contribution in [0.2, 0.25) is 5.02 Å². The molecule has 0 radical (unpaired) electrons. The summed E-state index contributed by atoms with van der Waals surface area (Å²) in [4.78, 5) is 1.08. The van der Waals surface area contributed by atoms with Gasteiger partial charge in [-0.2, -0.15) is 0 Å². The Morgan fingerprint density at radius 2 is 2.00 bits per heavy atom. The summed E-state index contributed by atoms with van der Waals surface area (Å²) in [6.07, 6.45) is 0. The minimum absolute atomic E-state index is 0.112. The molecule has 3 N–H and O–H groups in total. The van der Waals surface area contributed by atoms with Crippen LogP contribution in [0.5, 0.6) is 0 Å². The standard InChI is InChI=1S/C15H17ClN2S/c1-11-5-4-6-12(9-11)14(18-17)10-19-15-8-3-2-7-13(15)16/h2-9,14,18H,10,17H2,1H3. The summed E-state index contributed by atoms with van der Waals surface area (Å²) < 4.78 is 0. The molecule has 0 bridgehead atoms. The first kappa shape index (κ1) is 14.4. The molecular formula is C15H17ClN2S. The summed E-state index contributed by atoms with van der Waals surface area (Å²) in [7, 11) is 0. The molecule has 2 rings (SSSR count). The predicted molar refractivity (Wildman–Crippen MR) is 83.4 cm³/mol. The van der Waals surface area contributed by atoms with Crippen molar-refractivity contribution >= 4 is 23.4 Å². The van der Waals surface area contributed by atoms with Crippen molar-refractivity contribution in [3.8, 4) is 0 Å². The monoisotopic (exact) mass is 292 g/mol. The number of nitrogens with one attached hydrogen (secondary N) is 1. The van der Waals surface area contributed by atoms with Crippen LogP contribution in [-0.4, -0.2) is 5.75 Å². The lowest BCUT2D eigenvalue weighted by molar-refractivity contribution is 0.610. The van der Waals surface area contributed by atoms with E-state index in [1.807, 2.05) is 24.3 Å². The van der Waals surface area contributed by atoms with Crippen LogP contribution in [0.4, 0.5) is 0 Å². The highest BCUT2D eigenvalue weighted by atomic mass is 35.5. The fourth-order valence-corrected chi connectivity index (χ4v) is 3.18. The van der Waals surface area contributed by atoms with E-state index < -0.39 is 0 Å². The quantitative estimate of drug-likeness (QED) is 0.498. The number of hydrazine groups is 1. The smallest absolute Gasteiger partial charge is 0.0554 e. The molecule has 1 unspecified atom stereocenters. The topological polar surface area (TPSA) is 38.0 Å². The van der Waals surface area contributed by atoms with Crippen LogP contribution in [0.3, 0.4) is 0 Å². The van der Waals surface area contributed by atoms with E-state index in [1.54, 1.807) is 11.8 Å². The van der Waals surface area contributed by atoms with Crippen LogP contribution in [0.25, 0.3) is 0 Å². The third kappa shape index (κ3) is 3.98. The molecule has 2 aromatic carbocycles. The van der Waals surface area contributed by atoms with Crippen LogP contribution < -0.4 is 11.3 Å². The summed E-state index contributed by atoms with van der Waals surface area (Å²) in [5.41, 5.74) is 5.30. The second-order valence-corrected chi connectivity index (χ2v) is 5.84. The van der Waals surface area contributed by atoms with E-state index in [-0.39, 0.29) is 6.04 Å². The molecule has 2 nitrogen and oxygen atoms in total. The van der Waals surface area contributed by atoms with Gasteiger partial charge < -0.3 is 0 Å². The lowest BCUT2D eigenvalue weighted by Crippen LogP contribution is -2.29. The first-order valence-corrected chi connectivity index (χ1v) is 7.47. The van der Waals surface area contributed by atoms with Crippen LogP contribution >= 0.6 is 23.4 Å². The molecule has 0 saturated heterocycles. The zero-order valence-corrected chi connectivity index (χ0v) is 12.3. The fourth-order valence-electron chi connectivity index (χ4n) is 1.86. The van der Waals surface area contributed by atoms with Crippen molar-refractivity contribution in [3.05, 3.63) is 64.7 Å². The fraction of sp³-hybridized carbons (Fsp3) is 0.200. The Kier molecular flexibility index (Phi) is 5.28. The summed E-state index contributed by atoms with van der Waals surface area (Å²) >= 11 is 7.86. The van der Waals surface area contributed by atoms with E-state index in [4.69, 9.17) is 17.4 Å². The Balaban J connectivity index is 2.06. The molecule has 0 aliphatic heterocycles. The van der Waals surface area contributed by atoms with Gasteiger partial charge in [-0.25, -0.2) is 0 Å². The Hall–Kier alpha value is -1.00. The van der Waals surface area contributed by atoms with Crippen molar-refractivity contribution in [2.75, 3.05) is 5.75 Å². The van der Waals surface area contributed by atoms with Gasteiger partial charge in [0.25, 0.3) is 0 Å². The maximum atomic E-state index is 6.15. The number of benzene rings is 2. The van der Waals surface area contributed by atoms with E-state index in [9.17, 15) is 0 Å². The molecule has 0 spiro atoms. The number of hydrogen-bond donors (Lipinski definition) is 2.